The van der Waals surface area contributed by atoms with Gasteiger partial charge in [-0.25, -0.2) is 4.39 Å². The topological polar surface area (TPSA) is 52.4 Å². The quantitative estimate of drug-likeness (QED) is 0.465. The van der Waals surface area contributed by atoms with Crippen molar-refractivity contribution < 1.29 is 14.1 Å². The minimum atomic E-state index is -0.480. The Kier molecular flexibility index (Phi) is 4.68. The van der Waals surface area contributed by atoms with Crippen molar-refractivity contribution in [2.75, 3.05) is 0 Å². The maximum Gasteiger partial charge on any atom is 0.311 e. The number of alkyl halides is 1. The van der Waals surface area contributed by atoms with Crippen LogP contribution in [-0.4, -0.2) is 4.92 Å². The fourth-order valence-corrected chi connectivity index (χ4v) is 2.00. The summed E-state index contributed by atoms with van der Waals surface area (Å²) in [7, 11) is 0. The van der Waals surface area contributed by atoms with Crippen LogP contribution in [0.3, 0.4) is 0 Å². The highest BCUT2D eigenvalue weighted by Crippen LogP contribution is 2.29. The lowest BCUT2D eigenvalue weighted by Gasteiger charge is -2.07. The second-order valence-electron chi connectivity index (χ2n) is 4.11. The first-order valence-electron chi connectivity index (χ1n) is 5.80. The molecule has 2 aromatic carbocycles. The summed E-state index contributed by atoms with van der Waals surface area (Å²) in [4.78, 5) is 10.5. The van der Waals surface area contributed by atoms with E-state index in [9.17, 15) is 14.5 Å². The lowest BCUT2D eigenvalue weighted by molar-refractivity contribution is -0.386. The molecule has 0 N–H and O–H groups in total. The van der Waals surface area contributed by atoms with E-state index in [0.29, 0.717) is 5.33 Å². The standard InChI is InChI=1S/C14H11BrFNO3/c15-8-11-3-6-14(13(7-11)17(18)19)20-9-10-1-4-12(16)5-2-10/h1-7H,8-9H2. The van der Waals surface area contributed by atoms with Gasteiger partial charge in [0.25, 0.3) is 0 Å². The Bertz CT molecular complexity index is 616. The van der Waals surface area contributed by atoms with Gasteiger partial charge in [0.2, 0.25) is 0 Å². The lowest BCUT2D eigenvalue weighted by Crippen LogP contribution is -2.00. The molecule has 20 heavy (non-hydrogen) atoms. The summed E-state index contributed by atoms with van der Waals surface area (Å²) in [5, 5.41) is 11.5. The monoisotopic (exact) mass is 339 g/mol. The molecule has 0 saturated carbocycles. The second kappa shape index (κ2) is 6.47. The first kappa shape index (κ1) is 14.5. The predicted octanol–water partition coefficient (Wildman–Crippen LogP) is 4.21. The molecular formula is C14H11BrFNO3. The second-order valence-corrected chi connectivity index (χ2v) is 4.67. The highest BCUT2D eigenvalue weighted by Gasteiger charge is 2.15. The smallest absolute Gasteiger partial charge is 0.311 e. The summed E-state index contributed by atoms with van der Waals surface area (Å²) < 4.78 is 18.2. The average molecular weight is 340 g/mol. The highest BCUT2D eigenvalue weighted by atomic mass is 79.9. The first-order chi connectivity index (χ1) is 9.60. The summed E-state index contributed by atoms with van der Waals surface area (Å²) in [5.41, 5.74) is 1.46. The summed E-state index contributed by atoms with van der Waals surface area (Å²) in [6, 6.07) is 10.6. The van der Waals surface area contributed by atoms with E-state index in [0.717, 1.165) is 11.1 Å². The third kappa shape index (κ3) is 3.54. The molecule has 2 aromatic rings. The Morgan fingerprint density at radius 2 is 1.80 bits per heavy atom. The number of hydrogen-bond acceptors (Lipinski definition) is 3. The van der Waals surface area contributed by atoms with E-state index >= 15 is 0 Å². The Balaban J connectivity index is 2.16. The molecule has 0 bridgehead atoms. The number of hydrogen-bond donors (Lipinski definition) is 0. The lowest BCUT2D eigenvalue weighted by atomic mass is 10.2. The number of nitrogens with zero attached hydrogens (tertiary/aromatic N) is 1. The average Bonchev–Trinajstić information content (AvgIpc) is 2.46. The van der Waals surface area contributed by atoms with Crippen LogP contribution in [-0.2, 0) is 11.9 Å². The SMILES string of the molecule is O=[N+]([O-])c1cc(CBr)ccc1OCc1ccc(F)cc1. The molecule has 4 nitrogen and oxygen atoms in total. The van der Waals surface area contributed by atoms with Gasteiger partial charge in [-0.3, -0.25) is 10.1 Å². The first-order valence-corrected chi connectivity index (χ1v) is 6.93. The molecule has 0 atom stereocenters. The van der Waals surface area contributed by atoms with Crippen LogP contribution in [0.1, 0.15) is 11.1 Å². The molecule has 0 saturated heterocycles. The van der Waals surface area contributed by atoms with Gasteiger partial charge in [-0.2, -0.15) is 0 Å². The van der Waals surface area contributed by atoms with Gasteiger partial charge < -0.3 is 4.74 Å². The molecule has 0 aliphatic heterocycles. The molecule has 0 heterocycles. The van der Waals surface area contributed by atoms with Crippen molar-refractivity contribution in [2.45, 2.75) is 11.9 Å². The fraction of sp³-hybridized carbons (Fsp3) is 0.143. The van der Waals surface area contributed by atoms with Gasteiger partial charge in [0.05, 0.1) is 4.92 Å². The maximum atomic E-state index is 12.8. The van der Waals surface area contributed by atoms with Crippen LogP contribution in [0.25, 0.3) is 0 Å². The molecular weight excluding hydrogens is 329 g/mol. The number of nitro groups is 1. The van der Waals surface area contributed by atoms with Crippen molar-refractivity contribution in [3.63, 3.8) is 0 Å². The van der Waals surface area contributed by atoms with Gasteiger partial charge in [-0.1, -0.05) is 34.1 Å². The molecule has 104 valence electrons. The van der Waals surface area contributed by atoms with Gasteiger partial charge in [-0.15, -0.1) is 0 Å². The van der Waals surface area contributed by atoms with Crippen molar-refractivity contribution in [3.8, 4) is 5.75 Å². The van der Waals surface area contributed by atoms with Crippen LogP contribution in [0.2, 0.25) is 0 Å². The largest absolute Gasteiger partial charge is 0.482 e. The van der Waals surface area contributed by atoms with E-state index in [-0.39, 0.29) is 23.9 Å². The van der Waals surface area contributed by atoms with E-state index in [1.165, 1.54) is 18.2 Å². The fourth-order valence-electron chi connectivity index (χ4n) is 1.65. The van der Waals surface area contributed by atoms with Gasteiger partial charge in [0, 0.05) is 11.4 Å². The zero-order valence-electron chi connectivity index (χ0n) is 10.4. The molecule has 0 aromatic heterocycles. The minimum Gasteiger partial charge on any atom is -0.482 e. The van der Waals surface area contributed by atoms with Crippen LogP contribution < -0.4 is 4.74 Å². The number of nitro benzene ring substituents is 1. The van der Waals surface area contributed by atoms with Crippen molar-refractivity contribution >= 4 is 21.6 Å². The Hall–Kier alpha value is -1.95. The summed E-state index contributed by atoms with van der Waals surface area (Å²) in [6.07, 6.45) is 0. The highest BCUT2D eigenvalue weighted by molar-refractivity contribution is 9.08. The Labute approximate surface area is 123 Å². The summed E-state index contributed by atoms with van der Waals surface area (Å²) >= 11 is 3.25. The van der Waals surface area contributed by atoms with Crippen LogP contribution in [0.5, 0.6) is 5.75 Å². The normalized spacial score (nSPS) is 10.3. The van der Waals surface area contributed by atoms with E-state index in [1.54, 1.807) is 24.3 Å². The van der Waals surface area contributed by atoms with Gasteiger partial charge in [0.1, 0.15) is 12.4 Å². The number of rotatable bonds is 5. The molecule has 0 fully saturated rings. The third-order valence-corrected chi connectivity index (χ3v) is 3.33. The van der Waals surface area contributed by atoms with Crippen molar-refractivity contribution in [1.29, 1.82) is 0 Å². The number of benzene rings is 2. The molecule has 6 heteroatoms. The minimum absolute atomic E-state index is 0.0796. The molecule has 2 rings (SSSR count). The van der Waals surface area contributed by atoms with E-state index in [2.05, 4.69) is 15.9 Å². The zero-order valence-corrected chi connectivity index (χ0v) is 12.0. The maximum absolute atomic E-state index is 12.8. The van der Waals surface area contributed by atoms with Gasteiger partial charge >= 0.3 is 5.69 Å². The van der Waals surface area contributed by atoms with E-state index in [4.69, 9.17) is 4.74 Å². The van der Waals surface area contributed by atoms with Crippen LogP contribution >= 0.6 is 15.9 Å². The molecule has 0 radical (unpaired) electrons. The molecule has 0 amide bonds. The summed E-state index contributed by atoms with van der Waals surface area (Å²) in [5.74, 6) is -0.134. The zero-order chi connectivity index (χ0) is 14.5. The third-order valence-electron chi connectivity index (χ3n) is 2.68. The van der Waals surface area contributed by atoms with Crippen LogP contribution in [0.15, 0.2) is 42.5 Å². The van der Waals surface area contributed by atoms with Crippen LogP contribution in [0, 0.1) is 15.9 Å². The molecule has 0 unspecified atom stereocenters. The molecule has 0 spiro atoms. The van der Waals surface area contributed by atoms with Crippen molar-refractivity contribution in [3.05, 3.63) is 69.5 Å². The van der Waals surface area contributed by atoms with Gasteiger partial charge in [-0.05, 0) is 29.3 Å². The molecule has 0 aliphatic rings. The Morgan fingerprint density at radius 3 is 2.40 bits per heavy atom. The predicted molar refractivity (Wildman–Crippen MR) is 76.5 cm³/mol. The van der Waals surface area contributed by atoms with Crippen molar-refractivity contribution in [2.24, 2.45) is 0 Å². The van der Waals surface area contributed by atoms with Gasteiger partial charge in [0.15, 0.2) is 5.75 Å². The number of ether oxygens (including phenoxy) is 1. The molecule has 0 aliphatic carbocycles. The number of halogens is 2. The van der Waals surface area contributed by atoms with Crippen molar-refractivity contribution in [1.82, 2.24) is 0 Å². The van der Waals surface area contributed by atoms with E-state index in [1.807, 2.05) is 0 Å². The van der Waals surface area contributed by atoms with E-state index < -0.39 is 4.92 Å². The summed E-state index contributed by atoms with van der Waals surface area (Å²) in [6.45, 7) is 0.148. The van der Waals surface area contributed by atoms with Crippen LogP contribution in [0.4, 0.5) is 10.1 Å². The Morgan fingerprint density at radius 1 is 1.15 bits per heavy atom.